The van der Waals surface area contributed by atoms with E-state index in [-0.39, 0.29) is 6.42 Å². The SMILES string of the molecule is CN(C)Cc1ccc(/C=C/c2ncccc2C(=O)NC(Cc2ccccc2)C(=O)C(N)=O)cc1. The van der Waals surface area contributed by atoms with Crippen LogP contribution in [0.3, 0.4) is 0 Å². The van der Waals surface area contributed by atoms with Gasteiger partial charge in [-0.3, -0.25) is 19.4 Å². The summed E-state index contributed by atoms with van der Waals surface area (Å²) in [5, 5.41) is 2.66. The van der Waals surface area contributed by atoms with Crippen LogP contribution in [-0.2, 0) is 22.6 Å². The molecule has 0 fully saturated rings. The standard InChI is InChI=1S/C27H28N4O3/c1-31(2)18-21-12-10-19(11-13-21)14-15-23-22(9-6-16-29-23)27(34)30-24(25(32)26(28)33)17-20-7-4-3-5-8-20/h3-16,24H,17-18H2,1-2H3,(H2,28,33)(H,30,34)/b15-14+. The molecule has 3 rings (SSSR count). The van der Waals surface area contributed by atoms with Crippen molar-refractivity contribution in [3.8, 4) is 0 Å². The minimum atomic E-state index is -1.09. The fraction of sp³-hybridized carbons (Fsp3) is 0.185. The Labute approximate surface area is 199 Å². The molecule has 1 aromatic heterocycles. The lowest BCUT2D eigenvalue weighted by Gasteiger charge is -2.17. The summed E-state index contributed by atoms with van der Waals surface area (Å²) in [6.07, 6.45) is 5.36. The normalized spacial score (nSPS) is 12.0. The van der Waals surface area contributed by atoms with Crippen molar-refractivity contribution in [2.75, 3.05) is 14.1 Å². The van der Waals surface area contributed by atoms with Gasteiger partial charge in [0, 0.05) is 19.2 Å². The van der Waals surface area contributed by atoms with E-state index >= 15 is 0 Å². The van der Waals surface area contributed by atoms with Crippen molar-refractivity contribution in [3.05, 3.63) is 101 Å². The lowest BCUT2D eigenvalue weighted by molar-refractivity contribution is -0.137. The zero-order chi connectivity index (χ0) is 24.5. The van der Waals surface area contributed by atoms with Gasteiger partial charge in [0.05, 0.1) is 11.3 Å². The second-order valence-electron chi connectivity index (χ2n) is 8.19. The van der Waals surface area contributed by atoms with Crippen molar-refractivity contribution in [3.63, 3.8) is 0 Å². The molecule has 2 amide bonds. The molecule has 1 heterocycles. The van der Waals surface area contributed by atoms with Crippen LogP contribution in [0.25, 0.3) is 12.2 Å². The van der Waals surface area contributed by atoms with Crippen molar-refractivity contribution in [2.24, 2.45) is 5.73 Å². The van der Waals surface area contributed by atoms with Gasteiger partial charge in [-0.2, -0.15) is 0 Å². The number of carbonyl (C=O) groups excluding carboxylic acids is 3. The summed E-state index contributed by atoms with van der Waals surface area (Å²) in [6, 6.07) is 19.4. The van der Waals surface area contributed by atoms with Crippen LogP contribution in [-0.4, -0.2) is 47.6 Å². The number of ketones is 1. The number of nitrogens with one attached hydrogen (secondary N) is 1. The van der Waals surface area contributed by atoms with Gasteiger partial charge in [-0.1, -0.05) is 60.7 Å². The number of aromatic nitrogens is 1. The van der Waals surface area contributed by atoms with Crippen LogP contribution < -0.4 is 11.1 Å². The smallest absolute Gasteiger partial charge is 0.287 e. The van der Waals surface area contributed by atoms with Crippen LogP contribution in [0.5, 0.6) is 0 Å². The molecule has 0 radical (unpaired) electrons. The highest BCUT2D eigenvalue weighted by Crippen LogP contribution is 2.14. The average Bonchev–Trinajstić information content (AvgIpc) is 2.83. The highest BCUT2D eigenvalue weighted by molar-refractivity contribution is 6.38. The van der Waals surface area contributed by atoms with Gasteiger partial charge in [0.25, 0.3) is 11.8 Å². The third kappa shape index (κ3) is 6.95. The number of pyridine rings is 1. The maximum Gasteiger partial charge on any atom is 0.287 e. The van der Waals surface area contributed by atoms with E-state index in [4.69, 9.17) is 5.73 Å². The predicted octanol–water partition coefficient (Wildman–Crippen LogP) is 2.71. The fourth-order valence-electron chi connectivity index (χ4n) is 3.48. The van der Waals surface area contributed by atoms with Crippen molar-refractivity contribution >= 4 is 29.7 Å². The van der Waals surface area contributed by atoms with Crippen molar-refractivity contribution in [1.82, 2.24) is 15.2 Å². The first-order chi connectivity index (χ1) is 16.3. The molecule has 0 bridgehead atoms. The molecule has 1 atom stereocenters. The zero-order valence-corrected chi connectivity index (χ0v) is 19.3. The number of benzene rings is 2. The van der Waals surface area contributed by atoms with Gasteiger partial charge < -0.3 is 16.0 Å². The van der Waals surface area contributed by atoms with E-state index in [0.29, 0.717) is 11.3 Å². The Bertz CT molecular complexity index is 1170. The van der Waals surface area contributed by atoms with Crippen LogP contribution in [0.4, 0.5) is 0 Å². The topological polar surface area (TPSA) is 105 Å². The molecular formula is C27H28N4O3. The summed E-state index contributed by atoms with van der Waals surface area (Å²) >= 11 is 0. The highest BCUT2D eigenvalue weighted by Gasteiger charge is 2.26. The number of Topliss-reactive ketones (excluding diaryl/α,β-unsaturated/α-hetero) is 1. The van der Waals surface area contributed by atoms with Gasteiger partial charge in [-0.15, -0.1) is 0 Å². The average molecular weight is 457 g/mol. The van der Waals surface area contributed by atoms with Crippen LogP contribution in [0.15, 0.2) is 72.9 Å². The molecule has 0 aliphatic heterocycles. The Hall–Kier alpha value is -4.10. The van der Waals surface area contributed by atoms with Gasteiger partial charge in [-0.25, -0.2) is 0 Å². The van der Waals surface area contributed by atoms with Crippen molar-refractivity contribution in [1.29, 1.82) is 0 Å². The summed E-state index contributed by atoms with van der Waals surface area (Å²) in [6.45, 7) is 0.850. The summed E-state index contributed by atoms with van der Waals surface area (Å²) in [7, 11) is 4.03. The molecule has 2 aromatic carbocycles. The molecule has 0 saturated heterocycles. The zero-order valence-electron chi connectivity index (χ0n) is 19.3. The number of hydrogen-bond acceptors (Lipinski definition) is 5. The third-order valence-electron chi connectivity index (χ3n) is 5.14. The first-order valence-corrected chi connectivity index (χ1v) is 10.9. The maximum atomic E-state index is 13.1. The molecule has 0 aliphatic carbocycles. The molecule has 3 aromatic rings. The van der Waals surface area contributed by atoms with E-state index in [1.807, 2.05) is 62.6 Å². The molecule has 3 N–H and O–H groups in total. The van der Waals surface area contributed by atoms with Gasteiger partial charge in [0.1, 0.15) is 6.04 Å². The second kappa shape index (κ2) is 11.7. The first-order valence-electron chi connectivity index (χ1n) is 10.9. The summed E-state index contributed by atoms with van der Waals surface area (Å²) in [5.74, 6) is -2.45. The Morgan fingerprint density at radius 2 is 1.65 bits per heavy atom. The van der Waals surface area contributed by atoms with Gasteiger partial charge >= 0.3 is 0 Å². The monoisotopic (exact) mass is 456 g/mol. The molecule has 174 valence electrons. The van der Waals surface area contributed by atoms with Gasteiger partial charge in [0.2, 0.25) is 5.78 Å². The van der Waals surface area contributed by atoms with Gasteiger partial charge in [0.15, 0.2) is 0 Å². The molecule has 0 aliphatic rings. The van der Waals surface area contributed by atoms with Crippen LogP contribution >= 0.6 is 0 Å². The second-order valence-corrected chi connectivity index (χ2v) is 8.19. The lowest BCUT2D eigenvalue weighted by Crippen LogP contribution is -2.47. The van der Waals surface area contributed by atoms with Crippen molar-refractivity contribution in [2.45, 2.75) is 19.0 Å². The minimum Gasteiger partial charge on any atom is -0.363 e. The highest BCUT2D eigenvalue weighted by atomic mass is 16.2. The van der Waals surface area contributed by atoms with E-state index in [1.165, 1.54) is 5.56 Å². The van der Waals surface area contributed by atoms with E-state index in [2.05, 4.69) is 27.3 Å². The van der Waals surface area contributed by atoms with E-state index in [9.17, 15) is 14.4 Å². The number of carbonyl (C=O) groups is 3. The Balaban J connectivity index is 1.78. The van der Waals surface area contributed by atoms with E-state index < -0.39 is 23.6 Å². The Morgan fingerprint density at radius 1 is 0.941 bits per heavy atom. The molecule has 7 heteroatoms. The predicted molar refractivity (Wildman–Crippen MR) is 133 cm³/mol. The number of hydrogen-bond donors (Lipinski definition) is 2. The molecule has 34 heavy (non-hydrogen) atoms. The minimum absolute atomic E-state index is 0.152. The van der Waals surface area contributed by atoms with Crippen LogP contribution in [0.1, 0.15) is 32.7 Å². The number of amides is 2. The summed E-state index contributed by atoms with van der Waals surface area (Å²) in [5.41, 5.74) is 8.91. The quantitative estimate of drug-likeness (QED) is 0.457. The number of primary amides is 1. The summed E-state index contributed by atoms with van der Waals surface area (Å²) < 4.78 is 0. The Kier molecular flexibility index (Phi) is 8.43. The summed E-state index contributed by atoms with van der Waals surface area (Å²) in [4.78, 5) is 43.4. The fourth-order valence-corrected chi connectivity index (χ4v) is 3.48. The molecule has 7 nitrogen and oxygen atoms in total. The maximum absolute atomic E-state index is 13.1. The van der Waals surface area contributed by atoms with Crippen molar-refractivity contribution < 1.29 is 14.4 Å². The number of rotatable bonds is 10. The van der Waals surface area contributed by atoms with Gasteiger partial charge in [-0.05, 0) is 49.0 Å². The van der Waals surface area contributed by atoms with Crippen LogP contribution in [0.2, 0.25) is 0 Å². The Morgan fingerprint density at radius 3 is 2.29 bits per heavy atom. The largest absolute Gasteiger partial charge is 0.363 e. The van der Waals surface area contributed by atoms with Crippen LogP contribution in [0, 0.1) is 0 Å². The first kappa shape index (κ1) is 24.5. The van der Waals surface area contributed by atoms with E-state index in [1.54, 1.807) is 24.4 Å². The molecular weight excluding hydrogens is 428 g/mol. The number of nitrogens with two attached hydrogens (primary N) is 1. The molecule has 0 spiro atoms. The lowest BCUT2D eigenvalue weighted by atomic mass is 10.0. The third-order valence-corrected chi connectivity index (χ3v) is 5.14. The number of nitrogens with zero attached hydrogens (tertiary/aromatic N) is 2. The molecule has 0 saturated carbocycles. The van der Waals surface area contributed by atoms with E-state index in [0.717, 1.165) is 17.7 Å². The molecule has 1 unspecified atom stereocenters.